The van der Waals surface area contributed by atoms with Crippen LogP contribution in [0.4, 0.5) is 0 Å². The van der Waals surface area contributed by atoms with Crippen LogP contribution in [0.3, 0.4) is 0 Å². The molecule has 82 valence electrons. The Hall–Kier alpha value is -0.710. The number of halogens is 2. The summed E-state index contributed by atoms with van der Waals surface area (Å²) in [5.41, 5.74) is 1.61. The molecule has 1 heterocycles. The number of nitrogens with zero attached hydrogens (tertiary/aromatic N) is 1. The Kier molecular flexibility index (Phi) is 3.74. The molecule has 0 bridgehead atoms. The van der Waals surface area contributed by atoms with Gasteiger partial charge >= 0.3 is 0 Å². The van der Waals surface area contributed by atoms with Crippen LogP contribution in [0.15, 0.2) is 51.7 Å². The number of aliphatic hydroxyl groups is 1. The SMILES string of the molecule is OC(c1cccnc1)c1ccc(Br)cc1Br. The van der Waals surface area contributed by atoms with Crippen LogP contribution >= 0.6 is 31.9 Å². The molecule has 0 saturated heterocycles. The molecule has 2 nitrogen and oxygen atoms in total. The second-order valence-electron chi connectivity index (χ2n) is 3.35. The monoisotopic (exact) mass is 341 g/mol. The average Bonchev–Trinajstić information content (AvgIpc) is 2.29. The van der Waals surface area contributed by atoms with Crippen molar-refractivity contribution in [2.24, 2.45) is 0 Å². The van der Waals surface area contributed by atoms with Crippen LogP contribution in [0.2, 0.25) is 0 Å². The molecule has 0 amide bonds. The van der Waals surface area contributed by atoms with E-state index in [4.69, 9.17) is 0 Å². The van der Waals surface area contributed by atoms with Gasteiger partial charge in [0.25, 0.3) is 0 Å². The highest BCUT2D eigenvalue weighted by atomic mass is 79.9. The van der Waals surface area contributed by atoms with E-state index in [0.29, 0.717) is 0 Å². The Bertz CT molecular complexity index is 488. The lowest BCUT2D eigenvalue weighted by atomic mass is 10.0. The third kappa shape index (κ3) is 2.51. The highest BCUT2D eigenvalue weighted by Gasteiger charge is 2.13. The Morgan fingerprint density at radius 3 is 2.62 bits per heavy atom. The fraction of sp³-hybridized carbons (Fsp3) is 0.0833. The highest BCUT2D eigenvalue weighted by molar-refractivity contribution is 9.11. The zero-order chi connectivity index (χ0) is 11.5. The van der Waals surface area contributed by atoms with Gasteiger partial charge in [0.05, 0.1) is 0 Å². The van der Waals surface area contributed by atoms with Crippen LogP contribution in [0.25, 0.3) is 0 Å². The summed E-state index contributed by atoms with van der Waals surface area (Å²) in [6.45, 7) is 0. The molecule has 0 aliphatic heterocycles. The van der Waals surface area contributed by atoms with Crippen LogP contribution in [-0.2, 0) is 0 Å². The zero-order valence-corrected chi connectivity index (χ0v) is 11.4. The van der Waals surface area contributed by atoms with Crippen molar-refractivity contribution in [1.29, 1.82) is 0 Å². The normalized spacial score (nSPS) is 12.4. The lowest BCUT2D eigenvalue weighted by Crippen LogP contribution is -2.00. The summed E-state index contributed by atoms with van der Waals surface area (Å²) in [5.74, 6) is 0. The molecule has 1 atom stereocenters. The third-order valence-electron chi connectivity index (χ3n) is 2.26. The first-order valence-corrected chi connectivity index (χ1v) is 6.30. The molecule has 0 saturated carbocycles. The smallest absolute Gasteiger partial charge is 0.107 e. The minimum Gasteiger partial charge on any atom is -0.384 e. The Labute approximate surface area is 111 Å². The first-order valence-electron chi connectivity index (χ1n) is 4.71. The van der Waals surface area contributed by atoms with Gasteiger partial charge < -0.3 is 5.11 Å². The van der Waals surface area contributed by atoms with E-state index in [-0.39, 0.29) is 0 Å². The number of aliphatic hydroxyl groups excluding tert-OH is 1. The van der Waals surface area contributed by atoms with Gasteiger partial charge in [0.1, 0.15) is 6.10 Å². The molecule has 0 fully saturated rings. The van der Waals surface area contributed by atoms with Crippen molar-refractivity contribution in [3.05, 3.63) is 62.8 Å². The number of aromatic nitrogens is 1. The molecular weight excluding hydrogens is 334 g/mol. The quantitative estimate of drug-likeness (QED) is 0.902. The van der Waals surface area contributed by atoms with Crippen molar-refractivity contribution in [2.45, 2.75) is 6.10 Å². The summed E-state index contributed by atoms with van der Waals surface area (Å²) in [6, 6.07) is 9.36. The number of hydrogen-bond acceptors (Lipinski definition) is 2. The van der Waals surface area contributed by atoms with E-state index in [0.717, 1.165) is 20.1 Å². The predicted molar refractivity (Wildman–Crippen MR) is 70.1 cm³/mol. The molecule has 1 unspecified atom stereocenters. The minimum atomic E-state index is -0.656. The zero-order valence-electron chi connectivity index (χ0n) is 8.27. The maximum atomic E-state index is 10.2. The largest absolute Gasteiger partial charge is 0.384 e. The van der Waals surface area contributed by atoms with Gasteiger partial charge in [0.15, 0.2) is 0 Å². The first kappa shape index (κ1) is 11.8. The summed E-state index contributed by atoms with van der Waals surface area (Å²) in [6.07, 6.45) is 2.70. The van der Waals surface area contributed by atoms with E-state index < -0.39 is 6.10 Å². The van der Waals surface area contributed by atoms with Gasteiger partial charge in [-0.25, -0.2) is 0 Å². The molecule has 0 aliphatic carbocycles. The molecule has 2 aromatic rings. The lowest BCUT2D eigenvalue weighted by molar-refractivity contribution is 0.219. The Morgan fingerprint density at radius 1 is 1.19 bits per heavy atom. The van der Waals surface area contributed by atoms with Crippen LogP contribution in [0.1, 0.15) is 17.2 Å². The molecule has 1 N–H and O–H groups in total. The molecule has 1 aromatic heterocycles. The average molecular weight is 343 g/mol. The fourth-order valence-electron chi connectivity index (χ4n) is 1.44. The highest BCUT2D eigenvalue weighted by Crippen LogP contribution is 2.30. The maximum Gasteiger partial charge on any atom is 0.107 e. The summed E-state index contributed by atoms with van der Waals surface area (Å²) < 4.78 is 1.85. The molecule has 4 heteroatoms. The van der Waals surface area contributed by atoms with Crippen molar-refractivity contribution in [2.75, 3.05) is 0 Å². The lowest BCUT2D eigenvalue weighted by Gasteiger charge is -2.12. The number of benzene rings is 1. The third-order valence-corrected chi connectivity index (χ3v) is 3.44. The van der Waals surface area contributed by atoms with E-state index in [1.807, 2.05) is 30.3 Å². The summed E-state index contributed by atoms with van der Waals surface area (Å²) in [4.78, 5) is 3.99. The van der Waals surface area contributed by atoms with Crippen LogP contribution < -0.4 is 0 Å². The van der Waals surface area contributed by atoms with Crippen LogP contribution in [-0.4, -0.2) is 10.1 Å². The van der Waals surface area contributed by atoms with Crippen molar-refractivity contribution >= 4 is 31.9 Å². The van der Waals surface area contributed by atoms with Crippen molar-refractivity contribution in [1.82, 2.24) is 4.98 Å². The number of hydrogen-bond donors (Lipinski definition) is 1. The topological polar surface area (TPSA) is 33.1 Å². The van der Waals surface area contributed by atoms with E-state index >= 15 is 0 Å². The first-order chi connectivity index (χ1) is 7.68. The minimum absolute atomic E-state index is 0.656. The molecule has 0 radical (unpaired) electrons. The van der Waals surface area contributed by atoms with Crippen LogP contribution in [0, 0.1) is 0 Å². The van der Waals surface area contributed by atoms with Gasteiger partial charge in [-0.15, -0.1) is 0 Å². The summed E-state index contributed by atoms with van der Waals surface area (Å²) >= 11 is 6.81. The molecule has 1 aromatic carbocycles. The Balaban J connectivity index is 2.38. The van der Waals surface area contributed by atoms with Gasteiger partial charge in [-0.05, 0) is 23.8 Å². The van der Waals surface area contributed by atoms with Crippen molar-refractivity contribution in [3.63, 3.8) is 0 Å². The maximum absolute atomic E-state index is 10.2. The second-order valence-corrected chi connectivity index (χ2v) is 5.12. The molecule has 2 rings (SSSR count). The van der Waals surface area contributed by atoms with E-state index in [1.165, 1.54) is 0 Å². The van der Waals surface area contributed by atoms with Crippen molar-refractivity contribution < 1.29 is 5.11 Å². The van der Waals surface area contributed by atoms with Crippen molar-refractivity contribution in [3.8, 4) is 0 Å². The molecule has 0 spiro atoms. The van der Waals surface area contributed by atoms with Crippen LogP contribution in [0.5, 0.6) is 0 Å². The summed E-state index contributed by atoms with van der Waals surface area (Å²) in [5, 5.41) is 10.2. The molecule has 16 heavy (non-hydrogen) atoms. The van der Waals surface area contributed by atoms with Gasteiger partial charge in [-0.2, -0.15) is 0 Å². The summed E-state index contributed by atoms with van der Waals surface area (Å²) in [7, 11) is 0. The van der Waals surface area contributed by atoms with Gasteiger partial charge in [0, 0.05) is 26.9 Å². The van der Waals surface area contributed by atoms with E-state index in [1.54, 1.807) is 12.4 Å². The van der Waals surface area contributed by atoms with Gasteiger partial charge in [0.2, 0.25) is 0 Å². The number of rotatable bonds is 2. The molecule has 0 aliphatic rings. The standard InChI is InChI=1S/C12H9Br2NO/c13-9-3-4-10(11(14)6-9)12(16)8-2-1-5-15-7-8/h1-7,12,16H. The Morgan fingerprint density at radius 2 is 2.00 bits per heavy atom. The molecular formula is C12H9Br2NO. The second kappa shape index (κ2) is 5.08. The van der Waals surface area contributed by atoms with Gasteiger partial charge in [-0.1, -0.05) is 44.0 Å². The fourth-order valence-corrected chi connectivity index (χ4v) is 2.70. The number of pyridine rings is 1. The van der Waals surface area contributed by atoms with Gasteiger partial charge in [-0.3, -0.25) is 4.98 Å². The van der Waals surface area contributed by atoms with E-state index in [2.05, 4.69) is 36.8 Å². The van der Waals surface area contributed by atoms with E-state index in [9.17, 15) is 5.11 Å². The predicted octanol–water partition coefficient (Wildman–Crippen LogP) is 3.69.